The van der Waals surface area contributed by atoms with Crippen LogP contribution in [0.5, 0.6) is 0 Å². The van der Waals surface area contributed by atoms with Gasteiger partial charge in [0.2, 0.25) is 5.95 Å². The molecule has 0 unspecified atom stereocenters. The quantitative estimate of drug-likeness (QED) is 0.782. The number of nitrogens with one attached hydrogen (secondary N) is 1. The molecular weight excluding hydrogens is 195 g/mol. The number of nitrogens with zero attached hydrogens (tertiary/aromatic N) is 1. The van der Waals surface area contributed by atoms with Crippen molar-refractivity contribution >= 4 is 5.91 Å². The average Bonchev–Trinajstić information content (AvgIpc) is 2.28. The lowest BCUT2D eigenvalue weighted by molar-refractivity contribution is 0.0953. The fourth-order valence-corrected chi connectivity index (χ4v) is 0.884. The van der Waals surface area contributed by atoms with E-state index in [1.54, 1.807) is 0 Å². The molecule has 1 N–H and O–H groups in total. The maximum Gasteiger partial charge on any atom is 0.251 e. The Morgan fingerprint density at radius 2 is 2.20 bits per heavy atom. The van der Waals surface area contributed by atoms with Crippen LogP contribution in [0, 0.1) is 5.95 Å². The molecule has 0 saturated carbocycles. The molecule has 0 spiro atoms. The van der Waals surface area contributed by atoms with Crippen molar-refractivity contribution in [3.8, 4) is 0 Å². The minimum Gasteiger partial charge on any atom is -0.352 e. The minimum atomic E-state index is -0.635. The molecule has 0 aliphatic carbocycles. The summed E-state index contributed by atoms with van der Waals surface area (Å²) < 4.78 is 12.6. The maximum atomic E-state index is 12.6. The molecule has 15 heavy (non-hydrogen) atoms. The summed E-state index contributed by atoms with van der Waals surface area (Å²) in [4.78, 5) is 14.6. The van der Waals surface area contributed by atoms with Gasteiger partial charge in [-0.2, -0.15) is 4.39 Å². The molecule has 0 radical (unpaired) electrons. The first-order chi connectivity index (χ1) is 7.24. The first-order valence-corrected chi connectivity index (χ1v) is 5.13. The third-order valence-electron chi connectivity index (χ3n) is 1.52. The average molecular weight is 212 g/mol. The van der Waals surface area contributed by atoms with Gasteiger partial charge >= 0.3 is 0 Å². The monoisotopic (exact) mass is 212 g/mol. The molecule has 0 aliphatic heterocycles. The summed E-state index contributed by atoms with van der Waals surface area (Å²) in [6.07, 6.45) is 2.13. The first-order valence-electron chi connectivity index (χ1n) is 5.13. The zero-order valence-corrected chi connectivity index (χ0v) is 9.38. The van der Waals surface area contributed by atoms with Crippen molar-refractivity contribution in [2.24, 2.45) is 0 Å². The Hall–Kier alpha value is -1.45. The van der Waals surface area contributed by atoms with Crippen LogP contribution in [0.15, 0.2) is 18.3 Å². The highest BCUT2D eigenvalue weighted by molar-refractivity contribution is 5.93. The second-order valence-corrected chi connectivity index (χ2v) is 2.62. The van der Waals surface area contributed by atoms with Crippen LogP contribution in [-0.2, 0) is 0 Å². The van der Waals surface area contributed by atoms with Gasteiger partial charge < -0.3 is 5.32 Å². The lowest BCUT2D eigenvalue weighted by atomic mass is 10.2. The van der Waals surface area contributed by atoms with Crippen molar-refractivity contribution in [2.75, 3.05) is 6.54 Å². The van der Waals surface area contributed by atoms with E-state index in [1.165, 1.54) is 12.3 Å². The fourth-order valence-electron chi connectivity index (χ4n) is 0.884. The highest BCUT2D eigenvalue weighted by atomic mass is 19.1. The zero-order valence-electron chi connectivity index (χ0n) is 9.38. The van der Waals surface area contributed by atoms with Crippen LogP contribution in [-0.4, -0.2) is 17.4 Å². The summed E-state index contributed by atoms with van der Waals surface area (Å²) >= 11 is 0. The predicted octanol–water partition coefficient (Wildman–Crippen LogP) is 2.39. The molecule has 4 heteroatoms. The number of hydrogen-bond donors (Lipinski definition) is 1. The van der Waals surface area contributed by atoms with Crippen molar-refractivity contribution in [3.05, 3.63) is 29.8 Å². The van der Waals surface area contributed by atoms with Gasteiger partial charge in [-0.1, -0.05) is 20.8 Å². The van der Waals surface area contributed by atoms with Crippen molar-refractivity contribution in [2.45, 2.75) is 27.2 Å². The van der Waals surface area contributed by atoms with Crippen LogP contribution in [0.3, 0.4) is 0 Å². The van der Waals surface area contributed by atoms with E-state index >= 15 is 0 Å². The standard InChI is InChI=1S/C9H11FN2O.C2H6/c1-2-4-12-9(13)7-3-5-11-8(10)6-7;1-2/h3,5-6H,2,4H2,1H3,(H,12,13);1-2H3. The smallest absolute Gasteiger partial charge is 0.251 e. The molecule has 0 fully saturated rings. The van der Waals surface area contributed by atoms with Gasteiger partial charge in [-0.3, -0.25) is 4.79 Å². The first kappa shape index (κ1) is 13.5. The molecule has 3 nitrogen and oxygen atoms in total. The summed E-state index contributed by atoms with van der Waals surface area (Å²) in [5, 5.41) is 2.64. The van der Waals surface area contributed by atoms with Gasteiger partial charge in [0.15, 0.2) is 0 Å². The van der Waals surface area contributed by atoms with Gasteiger partial charge in [-0.25, -0.2) is 4.98 Å². The Morgan fingerprint density at radius 1 is 1.53 bits per heavy atom. The lowest BCUT2D eigenvalue weighted by Gasteiger charge is -2.02. The highest BCUT2D eigenvalue weighted by Crippen LogP contribution is 1.99. The van der Waals surface area contributed by atoms with Crippen molar-refractivity contribution in [3.63, 3.8) is 0 Å². The van der Waals surface area contributed by atoms with Gasteiger partial charge in [-0.15, -0.1) is 0 Å². The molecule has 1 aromatic rings. The predicted molar refractivity (Wildman–Crippen MR) is 58.2 cm³/mol. The topological polar surface area (TPSA) is 42.0 Å². The third-order valence-corrected chi connectivity index (χ3v) is 1.52. The largest absolute Gasteiger partial charge is 0.352 e. The molecule has 0 bridgehead atoms. The molecular formula is C11H17FN2O. The number of amides is 1. The molecule has 0 aromatic carbocycles. The van der Waals surface area contributed by atoms with E-state index < -0.39 is 5.95 Å². The molecule has 1 heterocycles. The SMILES string of the molecule is CC.CCCNC(=O)c1ccnc(F)c1. The summed E-state index contributed by atoms with van der Waals surface area (Å²) in [6.45, 7) is 6.55. The van der Waals surface area contributed by atoms with E-state index in [9.17, 15) is 9.18 Å². The Morgan fingerprint density at radius 3 is 2.73 bits per heavy atom. The number of aromatic nitrogens is 1. The molecule has 1 aromatic heterocycles. The Kier molecular flexibility index (Phi) is 7.14. The van der Waals surface area contributed by atoms with Crippen LogP contribution >= 0.6 is 0 Å². The summed E-state index contributed by atoms with van der Waals surface area (Å²) in [5.74, 6) is -0.896. The fraction of sp³-hybridized carbons (Fsp3) is 0.455. The van der Waals surface area contributed by atoms with Crippen molar-refractivity contribution < 1.29 is 9.18 Å². The van der Waals surface area contributed by atoms with Gasteiger partial charge in [0.1, 0.15) is 0 Å². The summed E-state index contributed by atoms with van der Waals surface area (Å²) in [5.41, 5.74) is 0.306. The van der Waals surface area contributed by atoms with E-state index in [1.807, 2.05) is 20.8 Å². The molecule has 84 valence electrons. The number of hydrogen-bond acceptors (Lipinski definition) is 2. The van der Waals surface area contributed by atoms with Gasteiger partial charge in [0, 0.05) is 24.4 Å². The zero-order chi connectivity index (χ0) is 11.7. The Balaban J connectivity index is 0.000000921. The number of carbonyl (C=O) groups excluding carboxylic acids is 1. The number of rotatable bonds is 3. The number of halogens is 1. The van der Waals surface area contributed by atoms with Gasteiger partial charge in [-0.05, 0) is 12.5 Å². The number of carbonyl (C=O) groups is 1. The van der Waals surface area contributed by atoms with E-state index in [4.69, 9.17) is 0 Å². The van der Waals surface area contributed by atoms with Gasteiger partial charge in [0.05, 0.1) is 0 Å². The second kappa shape index (κ2) is 7.91. The number of pyridine rings is 1. The summed E-state index contributed by atoms with van der Waals surface area (Å²) in [6, 6.07) is 2.60. The van der Waals surface area contributed by atoms with Crippen LogP contribution in [0.2, 0.25) is 0 Å². The van der Waals surface area contributed by atoms with E-state index in [-0.39, 0.29) is 5.91 Å². The van der Waals surface area contributed by atoms with Gasteiger partial charge in [0.25, 0.3) is 5.91 Å². The summed E-state index contributed by atoms with van der Waals surface area (Å²) in [7, 11) is 0. The Labute approximate surface area is 89.7 Å². The molecule has 1 rings (SSSR count). The normalized spacial score (nSPS) is 8.80. The second-order valence-electron chi connectivity index (χ2n) is 2.62. The van der Waals surface area contributed by atoms with Crippen LogP contribution in [0.1, 0.15) is 37.6 Å². The Bertz CT molecular complexity index is 302. The molecule has 0 aliphatic rings. The van der Waals surface area contributed by atoms with Crippen LogP contribution in [0.25, 0.3) is 0 Å². The van der Waals surface area contributed by atoms with E-state index in [2.05, 4.69) is 10.3 Å². The molecule has 0 saturated heterocycles. The molecule has 1 amide bonds. The van der Waals surface area contributed by atoms with Crippen molar-refractivity contribution in [1.29, 1.82) is 0 Å². The third kappa shape index (κ3) is 5.10. The van der Waals surface area contributed by atoms with E-state index in [0.29, 0.717) is 12.1 Å². The molecule has 0 atom stereocenters. The minimum absolute atomic E-state index is 0.261. The highest BCUT2D eigenvalue weighted by Gasteiger charge is 2.04. The lowest BCUT2D eigenvalue weighted by Crippen LogP contribution is -2.24. The maximum absolute atomic E-state index is 12.6. The van der Waals surface area contributed by atoms with Crippen LogP contribution in [0.4, 0.5) is 4.39 Å². The van der Waals surface area contributed by atoms with E-state index in [0.717, 1.165) is 12.5 Å². The van der Waals surface area contributed by atoms with Crippen LogP contribution < -0.4 is 5.32 Å². The van der Waals surface area contributed by atoms with Crippen molar-refractivity contribution in [1.82, 2.24) is 10.3 Å².